The molecule has 2 aliphatic heterocycles. The van der Waals surface area contributed by atoms with E-state index in [0.717, 1.165) is 55.4 Å². The van der Waals surface area contributed by atoms with E-state index < -0.39 is 11.8 Å². The van der Waals surface area contributed by atoms with Crippen molar-refractivity contribution in [3.05, 3.63) is 46.6 Å². The van der Waals surface area contributed by atoms with E-state index in [-0.39, 0.29) is 6.04 Å². The number of carbonyl (C=O) groups excluding carboxylic acids is 2. The van der Waals surface area contributed by atoms with Gasteiger partial charge in [-0.25, -0.2) is 9.97 Å². The number of thiazole rings is 1. The molecule has 3 aromatic rings. The predicted molar refractivity (Wildman–Crippen MR) is 149 cm³/mol. The Morgan fingerprint density at radius 2 is 1.95 bits per heavy atom. The van der Waals surface area contributed by atoms with Crippen LogP contribution >= 0.6 is 11.3 Å². The van der Waals surface area contributed by atoms with Gasteiger partial charge in [0, 0.05) is 12.5 Å². The number of pyridine rings is 1. The van der Waals surface area contributed by atoms with Crippen LogP contribution in [0.2, 0.25) is 0 Å². The molecule has 0 bridgehead atoms. The molecule has 2 amide bonds. The van der Waals surface area contributed by atoms with Gasteiger partial charge in [-0.3, -0.25) is 9.59 Å². The standard InChI is InChI=1S/C28H36N6O2S/c1-4-18-13-21(15-30-25(18)29)31-26(35)28(36)34-16-17(2)5-7-23(34)20-6-8-24-22(14-20)32-27(37-24)19-9-11-33(3)12-10-19/h6,8,13-15,17,19,23H,4-5,7,9-12,16H2,1-3H3,(H2,29,30)(H,31,35)/t17-,23+/m0/s1. The molecule has 37 heavy (non-hydrogen) atoms. The van der Waals surface area contributed by atoms with Crippen LogP contribution in [0.5, 0.6) is 0 Å². The molecule has 2 atom stereocenters. The monoisotopic (exact) mass is 520 g/mol. The van der Waals surface area contributed by atoms with Crippen molar-refractivity contribution in [2.45, 2.75) is 57.9 Å². The molecule has 2 fully saturated rings. The number of fused-ring (bicyclic) bond motifs is 1. The molecule has 4 heterocycles. The summed E-state index contributed by atoms with van der Waals surface area (Å²) in [6.07, 6.45) is 6.30. The van der Waals surface area contributed by atoms with E-state index in [0.29, 0.717) is 36.3 Å². The molecule has 5 rings (SSSR count). The van der Waals surface area contributed by atoms with Crippen LogP contribution in [0.1, 0.15) is 67.6 Å². The predicted octanol–water partition coefficient (Wildman–Crippen LogP) is 4.58. The summed E-state index contributed by atoms with van der Waals surface area (Å²) in [4.78, 5) is 39.7. The second-order valence-corrected chi connectivity index (χ2v) is 11.7. The van der Waals surface area contributed by atoms with Gasteiger partial charge in [-0.15, -0.1) is 11.3 Å². The third-order valence-corrected chi connectivity index (χ3v) is 8.99. The van der Waals surface area contributed by atoms with Crippen LogP contribution in [0, 0.1) is 5.92 Å². The van der Waals surface area contributed by atoms with Gasteiger partial charge in [0.15, 0.2) is 0 Å². The van der Waals surface area contributed by atoms with Crippen molar-refractivity contribution in [1.82, 2.24) is 19.8 Å². The van der Waals surface area contributed by atoms with E-state index in [1.54, 1.807) is 22.3 Å². The number of benzene rings is 1. The van der Waals surface area contributed by atoms with Gasteiger partial charge in [0.05, 0.1) is 33.2 Å². The molecule has 8 nitrogen and oxygen atoms in total. The lowest BCUT2D eigenvalue weighted by molar-refractivity contribution is -0.146. The fourth-order valence-corrected chi connectivity index (χ4v) is 6.63. The Kier molecular flexibility index (Phi) is 7.44. The average Bonchev–Trinajstić information content (AvgIpc) is 3.33. The molecule has 1 aromatic carbocycles. The normalized spacial score (nSPS) is 21.3. The smallest absolute Gasteiger partial charge is 0.313 e. The first-order chi connectivity index (χ1) is 17.8. The minimum absolute atomic E-state index is 0.150. The minimum Gasteiger partial charge on any atom is -0.383 e. The second-order valence-electron chi connectivity index (χ2n) is 10.6. The van der Waals surface area contributed by atoms with E-state index in [9.17, 15) is 9.59 Å². The summed E-state index contributed by atoms with van der Waals surface area (Å²) >= 11 is 1.79. The number of rotatable bonds is 4. The van der Waals surface area contributed by atoms with Gasteiger partial charge in [-0.05, 0) is 87.5 Å². The first kappa shape index (κ1) is 25.6. The molecule has 9 heteroatoms. The molecule has 3 N–H and O–H groups in total. The number of likely N-dealkylation sites (tertiary alicyclic amines) is 2. The number of hydrogen-bond donors (Lipinski definition) is 2. The maximum atomic E-state index is 13.4. The number of hydrogen-bond acceptors (Lipinski definition) is 7. The Labute approximate surface area is 222 Å². The Bertz CT molecular complexity index is 1300. The number of anilines is 2. The van der Waals surface area contributed by atoms with Crippen LogP contribution in [0.25, 0.3) is 10.2 Å². The van der Waals surface area contributed by atoms with Crippen molar-refractivity contribution >= 4 is 44.9 Å². The summed E-state index contributed by atoms with van der Waals surface area (Å²) < 4.78 is 1.18. The number of aryl methyl sites for hydroxylation is 1. The Balaban J connectivity index is 1.36. The second kappa shape index (κ2) is 10.8. The van der Waals surface area contributed by atoms with Gasteiger partial charge in [0.25, 0.3) is 0 Å². The average molecular weight is 521 g/mol. The van der Waals surface area contributed by atoms with Gasteiger partial charge in [-0.1, -0.05) is 19.9 Å². The number of nitrogen functional groups attached to an aromatic ring is 1. The number of nitrogens with two attached hydrogens (primary N) is 1. The number of amides is 2. The Morgan fingerprint density at radius 3 is 2.70 bits per heavy atom. The van der Waals surface area contributed by atoms with E-state index in [2.05, 4.69) is 47.4 Å². The first-order valence-corrected chi connectivity index (χ1v) is 14.1. The zero-order chi connectivity index (χ0) is 26.1. The molecular weight excluding hydrogens is 484 g/mol. The van der Waals surface area contributed by atoms with Gasteiger partial charge in [-0.2, -0.15) is 0 Å². The minimum atomic E-state index is -0.646. The van der Waals surface area contributed by atoms with Crippen molar-refractivity contribution in [3.8, 4) is 0 Å². The highest BCUT2D eigenvalue weighted by Crippen LogP contribution is 2.38. The van der Waals surface area contributed by atoms with E-state index >= 15 is 0 Å². The number of nitrogens with one attached hydrogen (secondary N) is 1. The van der Waals surface area contributed by atoms with Crippen LogP contribution in [-0.2, 0) is 16.0 Å². The Hall–Kier alpha value is -3.04. The number of nitrogens with zero attached hydrogens (tertiary/aromatic N) is 4. The summed E-state index contributed by atoms with van der Waals surface area (Å²) in [5, 5.41) is 3.95. The van der Waals surface area contributed by atoms with Crippen molar-refractivity contribution < 1.29 is 9.59 Å². The van der Waals surface area contributed by atoms with Crippen LogP contribution in [0.3, 0.4) is 0 Å². The molecule has 0 radical (unpaired) electrons. The van der Waals surface area contributed by atoms with Gasteiger partial charge in [0.1, 0.15) is 5.82 Å². The van der Waals surface area contributed by atoms with Crippen LogP contribution < -0.4 is 11.1 Å². The van der Waals surface area contributed by atoms with Crippen molar-refractivity contribution in [1.29, 1.82) is 0 Å². The summed E-state index contributed by atoms with van der Waals surface area (Å²) in [5.41, 5.74) is 9.25. The number of carbonyl (C=O) groups is 2. The van der Waals surface area contributed by atoms with Crippen molar-refractivity contribution in [2.75, 3.05) is 37.7 Å². The molecule has 0 saturated carbocycles. The van der Waals surface area contributed by atoms with Gasteiger partial charge in [0.2, 0.25) is 0 Å². The van der Waals surface area contributed by atoms with Crippen LogP contribution in [0.15, 0.2) is 30.5 Å². The molecule has 0 unspecified atom stereocenters. The maximum absolute atomic E-state index is 13.4. The molecular formula is C28H36N6O2S. The summed E-state index contributed by atoms with van der Waals surface area (Å²) in [5.74, 6) is 0.124. The molecule has 196 valence electrons. The summed E-state index contributed by atoms with van der Waals surface area (Å²) in [7, 11) is 2.17. The zero-order valence-electron chi connectivity index (χ0n) is 21.9. The third kappa shape index (κ3) is 5.48. The van der Waals surface area contributed by atoms with Crippen LogP contribution in [0.4, 0.5) is 11.5 Å². The van der Waals surface area contributed by atoms with Gasteiger partial charge >= 0.3 is 11.8 Å². The number of aromatic nitrogens is 2. The van der Waals surface area contributed by atoms with Gasteiger partial charge < -0.3 is 20.9 Å². The molecule has 2 aromatic heterocycles. The fourth-order valence-electron chi connectivity index (χ4n) is 5.51. The first-order valence-electron chi connectivity index (χ1n) is 13.3. The summed E-state index contributed by atoms with van der Waals surface area (Å²) in [6, 6.07) is 7.99. The zero-order valence-corrected chi connectivity index (χ0v) is 22.7. The summed E-state index contributed by atoms with van der Waals surface area (Å²) in [6.45, 7) is 6.87. The van der Waals surface area contributed by atoms with Crippen molar-refractivity contribution in [3.63, 3.8) is 0 Å². The highest BCUT2D eigenvalue weighted by Gasteiger charge is 2.34. The molecule has 2 aliphatic rings. The Morgan fingerprint density at radius 1 is 1.16 bits per heavy atom. The number of piperidine rings is 2. The van der Waals surface area contributed by atoms with E-state index in [1.165, 1.54) is 15.9 Å². The molecule has 0 spiro atoms. The molecule has 2 saturated heterocycles. The highest BCUT2D eigenvalue weighted by molar-refractivity contribution is 7.18. The lowest BCUT2D eigenvalue weighted by Gasteiger charge is -2.38. The van der Waals surface area contributed by atoms with Crippen LogP contribution in [-0.4, -0.2) is 58.3 Å². The largest absolute Gasteiger partial charge is 0.383 e. The molecule has 0 aliphatic carbocycles. The maximum Gasteiger partial charge on any atom is 0.313 e. The fraction of sp³-hybridized carbons (Fsp3) is 0.500. The third-order valence-electron chi connectivity index (χ3n) is 7.79. The quantitative estimate of drug-likeness (QED) is 0.488. The lowest BCUT2D eigenvalue weighted by atomic mass is 9.89. The van der Waals surface area contributed by atoms with E-state index in [4.69, 9.17) is 10.7 Å². The SMILES string of the molecule is CCc1cc(NC(=O)C(=O)N2C[C@@H](C)CC[C@@H]2c2ccc3sc(C4CCN(C)CC4)nc3c2)cnc1N. The van der Waals surface area contributed by atoms with E-state index in [1.807, 2.05) is 6.92 Å². The highest BCUT2D eigenvalue weighted by atomic mass is 32.1. The lowest BCUT2D eigenvalue weighted by Crippen LogP contribution is -2.46. The van der Waals surface area contributed by atoms with Crippen molar-refractivity contribution in [2.24, 2.45) is 5.92 Å². The topological polar surface area (TPSA) is 104 Å².